The van der Waals surface area contributed by atoms with Crippen LogP contribution in [-0.4, -0.2) is 25.3 Å². The van der Waals surface area contributed by atoms with Crippen molar-refractivity contribution in [2.24, 2.45) is 11.1 Å². The first kappa shape index (κ1) is 11.9. The van der Waals surface area contributed by atoms with Crippen molar-refractivity contribution in [2.75, 3.05) is 6.79 Å². The van der Waals surface area contributed by atoms with Gasteiger partial charge in [0.25, 0.3) is 6.47 Å². The molecule has 0 heterocycles. The largest absolute Gasteiger partial charge is 0.430 e. The summed E-state index contributed by atoms with van der Waals surface area (Å²) in [6, 6.07) is -0.720. The molecule has 0 spiro atoms. The zero-order valence-corrected chi connectivity index (χ0v) is 8.07. The van der Waals surface area contributed by atoms with Crippen molar-refractivity contribution in [3.63, 3.8) is 0 Å². The zero-order chi connectivity index (χ0) is 10.5. The van der Waals surface area contributed by atoms with Crippen molar-refractivity contribution < 1.29 is 19.1 Å². The third-order valence-corrected chi connectivity index (χ3v) is 1.52. The van der Waals surface area contributed by atoms with Crippen LogP contribution in [0.2, 0.25) is 0 Å². The summed E-state index contributed by atoms with van der Waals surface area (Å²) >= 11 is 0. The van der Waals surface area contributed by atoms with E-state index in [-0.39, 0.29) is 18.7 Å². The molecule has 1 atom stereocenters. The Kier molecular flexibility index (Phi) is 4.40. The predicted molar refractivity (Wildman–Crippen MR) is 45.5 cm³/mol. The summed E-state index contributed by atoms with van der Waals surface area (Å²) in [6.45, 7) is 5.28. The molecule has 0 saturated heterocycles. The van der Waals surface area contributed by atoms with E-state index in [1.807, 2.05) is 20.8 Å². The minimum atomic E-state index is -0.720. The van der Waals surface area contributed by atoms with E-state index in [4.69, 9.17) is 5.73 Å². The minimum Gasteiger partial charge on any atom is -0.430 e. The molecule has 0 aliphatic carbocycles. The van der Waals surface area contributed by atoms with Crippen molar-refractivity contribution in [2.45, 2.75) is 26.8 Å². The molecule has 1 unspecified atom stereocenters. The number of ether oxygens (including phenoxy) is 2. The van der Waals surface area contributed by atoms with E-state index in [1.54, 1.807) is 0 Å². The van der Waals surface area contributed by atoms with Gasteiger partial charge in [0.2, 0.25) is 6.79 Å². The number of carbonyl (C=O) groups is 2. The number of esters is 1. The minimum absolute atomic E-state index is 0.204. The lowest BCUT2D eigenvalue weighted by atomic mass is 9.87. The normalized spacial score (nSPS) is 13.2. The van der Waals surface area contributed by atoms with Crippen LogP contribution in [0.5, 0.6) is 0 Å². The molecule has 0 radical (unpaired) electrons. The molecule has 0 aromatic heterocycles. The van der Waals surface area contributed by atoms with Crippen LogP contribution in [0.3, 0.4) is 0 Å². The van der Waals surface area contributed by atoms with Crippen molar-refractivity contribution in [1.82, 2.24) is 0 Å². The number of hydrogen-bond donors (Lipinski definition) is 1. The van der Waals surface area contributed by atoms with Crippen LogP contribution >= 0.6 is 0 Å². The Morgan fingerprint density at radius 2 is 2.08 bits per heavy atom. The molecule has 0 bridgehead atoms. The van der Waals surface area contributed by atoms with Crippen LogP contribution in [0.15, 0.2) is 0 Å². The van der Waals surface area contributed by atoms with Crippen molar-refractivity contribution >= 4 is 12.4 Å². The van der Waals surface area contributed by atoms with E-state index in [0.717, 1.165) is 0 Å². The molecule has 0 aromatic carbocycles. The fourth-order valence-electron chi connectivity index (χ4n) is 0.563. The first-order valence-electron chi connectivity index (χ1n) is 3.87. The van der Waals surface area contributed by atoms with Crippen LogP contribution in [0.25, 0.3) is 0 Å². The molecular formula is C8H15NO4. The lowest BCUT2D eigenvalue weighted by Crippen LogP contribution is -2.43. The van der Waals surface area contributed by atoms with Crippen LogP contribution in [0.4, 0.5) is 0 Å². The van der Waals surface area contributed by atoms with E-state index in [9.17, 15) is 9.59 Å². The Labute approximate surface area is 77.2 Å². The van der Waals surface area contributed by atoms with Crippen LogP contribution in [0.1, 0.15) is 20.8 Å². The van der Waals surface area contributed by atoms with E-state index in [2.05, 4.69) is 9.47 Å². The van der Waals surface area contributed by atoms with Gasteiger partial charge in [0.1, 0.15) is 6.04 Å². The highest BCUT2D eigenvalue weighted by Crippen LogP contribution is 2.17. The number of nitrogens with two attached hydrogens (primary N) is 1. The first-order chi connectivity index (χ1) is 5.89. The van der Waals surface area contributed by atoms with E-state index in [1.165, 1.54) is 0 Å². The summed E-state index contributed by atoms with van der Waals surface area (Å²) in [5.41, 5.74) is 5.20. The third-order valence-electron chi connectivity index (χ3n) is 1.52. The van der Waals surface area contributed by atoms with Crippen molar-refractivity contribution in [3.8, 4) is 0 Å². The van der Waals surface area contributed by atoms with Gasteiger partial charge in [0.05, 0.1) is 0 Å². The number of rotatable bonds is 4. The quantitative estimate of drug-likeness (QED) is 0.292. The maximum atomic E-state index is 11.1. The van der Waals surface area contributed by atoms with Gasteiger partial charge in [-0.15, -0.1) is 0 Å². The van der Waals surface area contributed by atoms with Crippen LogP contribution in [-0.2, 0) is 19.1 Å². The SMILES string of the molecule is CC(C)(C)C(N)C(=O)OCOC=O. The maximum Gasteiger partial charge on any atom is 0.326 e. The van der Waals surface area contributed by atoms with Gasteiger partial charge in [-0.1, -0.05) is 20.8 Å². The summed E-state index contributed by atoms with van der Waals surface area (Å²) < 4.78 is 8.74. The highest BCUT2D eigenvalue weighted by Gasteiger charge is 2.28. The van der Waals surface area contributed by atoms with E-state index in [0.29, 0.717) is 0 Å². The standard InChI is InChI=1S/C8H15NO4/c1-8(2,3)6(9)7(11)13-5-12-4-10/h4,6H,5,9H2,1-3H3. The van der Waals surface area contributed by atoms with Crippen molar-refractivity contribution in [1.29, 1.82) is 0 Å². The molecule has 0 amide bonds. The lowest BCUT2D eigenvalue weighted by Gasteiger charge is -2.24. The molecule has 0 fully saturated rings. The molecule has 0 aliphatic heterocycles. The maximum absolute atomic E-state index is 11.1. The monoisotopic (exact) mass is 189 g/mol. The average molecular weight is 189 g/mol. The molecular weight excluding hydrogens is 174 g/mol. The molecule has 0 saturated carbocycles. The van der Waals surface area contributed by atoms with Gasteiger partial charge in [-0.05, 0) is 5.41 Å². The second-order valence-corrected chi connectivity index (χ2v) is 3.69. The third kappa shape index (κ3) is 4.47. The molecule has 76 valence electrons. The molecule has 13 heavy (non-hydrogen) atoms. The fourth-order valence-corrected chi connectivity index (χ4v) is 0.563. The van der Waals surface area contributed by atoms with Crippen LogP contribution in [0, 0.1) is 5.41 Å². The van der Waals surface area contributed by atoms with E-state index >= 15 is 0 Å². The highest BCUT2D eigenvalue weighted by molar-refractivity contribution is 5.76. The molecule has 5 nitrogen and oxygen atoms in total. The zero-order valence-electron chi connectivity index (χ0n) is 8.07. The van der Waals surface area contributed by atoms with E-state index < -0.39 is 12.0 Å². The van der Waals surface area contributed by atoms with Gasteiger partial charge >= 0.3 is 5.97 Å². The topological polar surface area (TPSA) is 78.6 Å². The summed E-state index contributed by atoms with van der Waals surface area (Å²) in [6.07, 6.45) is 0. The Balaban J connectivity index is 3.90. The average Bonchev–Trinajstić information content (AvgIpc) is 2.01. The van der Waals surface area contributed by atoms with Gasteiger partial charge in [-0.3, -0.25) is 9.59 Å². The van der Waals surface area contributed by atoms with Gasteiger partial charge < -0.3 is 15.2 Å². The summed E-state index contributed by atoms with van der Waals surface area (Å²) in [7, 11) is 0. The second-order valence-electron chi connectivity index (χ2n) is 3.69. The molecule has 0 aromatic rings. The summed E-state index contributed by atoms with van der Waals surface area (Å²) in [4.78, 5) is 20.8. The predicted octanol–water partition coefficient (Wildman–Crippen LogP) is 0.0335. The van der Waals surface area contributed by atoms with Gasteiger partial charge in [0, 0.05) is 0 Å². The smallest absolute Gasteiger partial charge is 0.326 e. The molecule has 0 aliphatic rings. The summed E-state index contributed by atoms with van der Waals surface area (Å²) in [5.74, 6) is -0.575. The van der Waals surface area contributed by atoms with Gasteiger partial charge in [-0.2, -0.15) is 0 Å². The van der Waals surface area contributed by atoms with Crippen LogP contribution < -0.4 is 5.73 Å². The molecule has 5 heteroatoms. The molecule has 0 rings (SSSR count). The van der Waals surface area contributed by atoms with Gasteiger partial charge in [-0.25, -0.2) is 0 Å². The Morgan fingerprint density at radius 3 is 2.46 bits per heavy atom. The Hall–Kier alpha value is -1.10. The van der Waals surface area contributed by atoms with Gasteiger partial charge in [0.15, 0.2) is 0 Å². The summed E-state index contributed by atoms with van der Waals surface area (Å²) in [5, 5.41) is 0. The highest BCUT2D eigenvalue weighted by atomic mass is 16.7. The van der Waals surface area contributed by atoms with Crippen molar-refractivity contribution in [3.05, 3.63) is 0 Å². The fraction of sp³-hybridized carbons (Fsp3) is 0.750. The number of carbonyl (C=O) groups excluding carboxylic acids is 2. The first-order valence-corrected chi connectivity index (χ1v) is 3.87. The lowest BCUT2D eigenvalue weighted by molar-refractivity contribution is -0.163. The number of hydrogen-bond acceptors (Lipinski definition) is 5. The second kappa shape index (κ2) is 4.81. The Bertz CT molecular complexity index is 185. The molecule has 2 N–H and O–H groups in total. The Morgan fingerprint density at radius 1 is 1.54 bits per heavy atom.